The van der Waals surface area contributed by atoms with Gasteiger partial charge >= 0.3 is 6.61 Å². The van der Waals surface area contributed by atoms with E-state index in [2.05, 4.69) is 15.6 Å². The molecule has 4 atom stereocenters. The highest BCUT2D eigenvalue weighted by Crippen LogP contribution is 2.47. The van der Waals surface area contributed by atoms with E-state index >= 15 is 0 Å². The van der Waals surface area contributed by atoms with Crippen LogP contribution in [0.4, 0.5) is 14.6 Å². The van der Waals surface area contributed by atoms with Crippen LogP contribution in [-0.2, 0) is 15.3 Å². The van der Waals surface area contributed by atoms with Gasteiger partial charge in [-0.2, -0.15) is 8.78 Å². The van der Waals surface area contributed by atoms with Gasteiger partial charge in [-0.1, -0.05) is 24.3 Å². The first-order valence-corrected chi connectivity index (χ1v) is 15.2. The van der Waals surface area contributed by atoms with Gasteiger partial charge in [0.15, 0.2) is 5.72 Å². The molecule has 1 aliphatic carbocycles. The number of hydrogen-bond donors (Lipinski definition) is 3. The van der Waals surface area contributed by atoms with Gasteiger partial charge in [0.1, 0.15) is 11.6 Å². The van der Waals surface area contributed by atoms with Crippen LogP contribution in [0.5, 0.6) is 5.75 Å². The Hall–Kier alpha value is -3.97. The topological polar surface area (TPSA) is 116 Å². The van der Waals surface area contributed by atoms with E-state index in [0.717, 1.165) is 16.7 Å². The van der Waals surface area contributed by atoms with Crippen LogP contribution in [0.1, 0.15) is 52.2 Å². The molecule has 6 rings (SSSR count). The Morgan fingerprint density at radius 3 is 2.56 bits per heavy atom. The van der Waals surface area contributed by atoms with Crippen molar-refractivity contribution in [2.24, 2.45) is 0 Å². The second-order valence-electron chi connectivity index (χ2n) is 11.7. The zero-order chi connectivity index (χ0) is 31.6. The van der Waals surface area contributed by atoms with Gasteiger partial charge in [-0.25, -0.2) is 4.98 Å². The van der Waals surface area contributed by atoms with Crippen LogP contribution in [0.25, 0.3) is 0 Å². The molecule has 3 N–H and O–H groups in total. The first kappa shape index (κ1) is 31.0. The number of benzene rings is 2. The van der Waals surface area contributed by atoms with Gasteiger partial charge in [-0.15, -0.1) is 0 Å². The lowest BCUT2D eigenvalue weighted by atomic mass is 9.71. The van der Waals surface area contributed by atoms with Crippen molar-refractivity contribution in [2.45, 2.75) is 49.7 Å². The molecule has 0 bridgehead atoms. The summed E-state index contributed by atoms with van der Waals surface area (Å²) in [5.41, 5.74) is 1.75. The molecule has 1 saturated heterocycles. The summed E-state index contributed by atoms with van der Waals surface area (Å²) in [4.78, 5) is 33.8. The molecule has 2 aromatic carbocycles. The number of alkyl halides is 2. The number of rotatable bonds is 8. The molecule has 2 fully saturated rings. The van der Waals surface area contributed by atoms with Crippen molar-refractivity contribution in [1.82, 2.24) is 20.1 Å². The number of carbonyl (C=O) groups is 2. The highest BCUT2D eigenvalue weighted by Gasteiger charge is 2.48. The largest absolute Gasteiger partial charge is 0.435 e. The lowest BCUT2D eigenvalue weighted by Crippen LogP contribution is -2.57. The Morgan fingerprint density at radius 1 is 1.09 bits per heavy atom. The van der Waals surface area contributed by atoms with Gasteiger partial charge in [0.25, 0.3) is 5.91 Å². The van der Waals surface area contributed by atoms with Crippen LogP contribution in [0.2, 0.25) is 0 Å². The van der Waals surface area contributed by atoms with E-state index in [-0.39, 0.29) is 36.1 Å². The van der Waals surface area contributed by atoms with Gasteiger partial charge in [0, 0.05) is 68.1 Å². The Balaban J connectivity index is 1.16. The van der Waals surface area contributed by atoms with E-state index in [1.54, 1.807) is 60.7 Å². The number of methoxy groups -OCH3 is 1. The number of piperazine rings is 1. The van der Waals surface area contributed by atoms with E-state index in [1.807, 2.05) is 17.0 Å². The van der Waals surface area contributed by atoms with Crippen molar-refractivity contribution in [3.8, 4) is 5.75 Å². The Morgan fingerprint density at radius 2 is 1.87 bits per heavy atom. The standard InChI is InChI=1S/C33H37F2N5O5/c1-44-33(27-11-10-24(45-32(34)35)19-25(27)26-18-23(41)9-12-28(26)38-33)22-7-5-21(6-8-22)31(43)40-16-14-39(15-17-40)20-30(42)37-29-4-2-3-13-36-29/h2-8,10-11,13,19,23,26,28,32,38,41H,9,12,14-18,20H2,1H3,(H,36,37,42). The number of hydrogen-bond acceptors (Lipinski definition) is 8. The summed E-state index contributed by atoms with van der Waals surface area (Å²) >= 11 is 0. The van der Waals surface area contributed by atoms with E-state index in [4.69, 9.17) is 9.47 Å². The summed E-state index contributed by atoms with van der Waals surface area (Å²) in [6.07, 6.45) is 2.94. The number of nitrogens with zero attached hydrogens (tertiary/aromatic N) is 3. The maximum absolute atomic E-state index is 13.4. The molecular formula is C33H37F2N5O5. The summed E-state index contributed by atoms with van der Waals surface area (Å²) in [5, 5.41) is 16.9. The number of anilines is 1. The smallest absolute Gasteiger partial charge is 0.387 e. The average Bonchev–Trinajstić information content (AvgIpc) is 3.05. The second kappa shape index (κ2) is 13.2. The zero-order valence-electron chi connectivity index (χ0n) is 25.0. The van der Waals surface area contributed by atoms with Crippen LogP contribution in [0, 0.1) is 0 Å². The maximum atomic E-state index is 13.4. The minimum absolute atomic E-state index is 0.0596. The predicted octanol–water partition coefficient (Wildman–Crippen LogP) is 3.53. The van der Waals surface area contributed by atoms with E-state index in [0.29, 0.717) is 56.8 Å². The number of ether oxygens (including phenoxy) is 2. The minimum atomic E-state index is -2.95. The second-order valence-corrected chi connectivity index (χ2v) is 11.7. The predicted molar refractivity (Wildman–Crippen MR) is 162 cm³/mol. The molecule has 4 unspecified atom stereocenters. The molecule has 3 heterocycles. The van der Waals surface area contributed by atoms with E-state index in [1.165, 1.54) is 6.07 Å². The van der Waals surface area contributed by atoms with Crippen molar-refractivity contribution >= 4 is 17.6 Å². The lowest BCUT2D eigenvalue weighted by Gasteiger charge is -2.49. The van der Waals surface area contributed by atoms with Crippen molar-refractivity contribution in [2.75, 3.05) is 45.2 Å². The Bertz CT molecular complexity index is 1500. The minimum Gasteiger partial charge on any atom is -0.435 e. The first-order chi connectivity index (χ1) is 21.8. The van der Waals surface area contributed by atoms with Crippen molar-refractivity contribution < 1.29 is 33.0 Å². The Kier molecular flexibility index (Phi) is 9.09. The molecule has 0 spiro atoms. The molecule has 3 aliphatic rings. The number of carbonyl (C=O) groups excluding carboxylic acids is 2. The van der Waals surface area contributed by atoms with Crippen molar-refractivity contribution in [1.29, 1.82) is 0 Å². The number of fused-ring (bicyclic) bond motifs is 3. The van der Waals surface area contributed by atoms with E-state index < -0.39 is 18.4 Å². The highest BCUT2D eigenvalue weighted by atomic mass is 19.3. The molecule has 2 amide bonds. The number of aliphatic hydroxyl groups is 1. The third-order valence-corrected chi connectivity index (χ3v) is 9.04. The van der Waals surface area contributed by atoms with Gasteiger partial charge in [0.2, 0.25) is 5.91 Å². The van der Waals surface area contributed by atoms with Gasteiger partial charge in [-0.05, 0) is 61.2 Å². The summed E-state index contributed by atoms with van der Waals surface area (Å²) in [6.45, 7) is -0.603. The molecule has 0 radical (unpaired) electrons. The molecule has 10 nitrogen and oxygen atoms in total. The van der Waals surface area contributed by atoms with Crippen molar-refractivity contribution in [3.05, 3.63) is 89.1 Å². The highest BCUT2D eigenvalue weighted by molar-refractivity contribution is 5.94. The summed E-state index contributed by atoms with van der Waals surface area (Å²) in [7, 11) is 1.59. The number of pyridine rings is 1. The number of halogens is 2. The number of nitrogens with one attached hydrogen (secondary N) is 2. The molecule has 1 saturated carbocycles. The van der Waals surface area contributed by atoms with Crippen LogP contribution in [0.3, 0.4) is 0 Å². The molecule has 238 valence electrons. The zero-order valence-corrected chi connectivity index (χ0v) is 25.0. The fourth-order valence-electron chi connectivity index (χ4n) is 6.83. The summed E-state index contributed by atoms with van der Waals surface area (Å²) < 4.78 is 37.0. The number of amides is 2. The molecule has 3 aromatic rings. The fourth-order valence-corrected chi connectivity index (χ4v) is 6.83. The Labute approximate surface area is 260 Å². The molecular weight excluding hydrogens is 584 g/mol. The van der Waals surface area contributed by atoms with Crippen molar-refractivity contribution in [3.63, 3.8) is 0 Å². The van der Waals surface area contributed by atoms with Crippen LogP contribution in [0.15, 0.2) is 66.9 Å². The number of aromatic nitrogens is 1. The van der Waals surface area contributed by atoms with Crippen LogP contribution in [-0.4, -0.2) is 90.3 Å². The summed E-state index contributed by atoms with van der Waals surface area (Å²) in [6, 6.07) is 17.4. The quantitative estimate of drug-likeness (QED) is 0.350. The van der Waals surface area contributed by atoms with Gasteiger partial charge in [0.05, 0.1) is 12.6 Å². The van der Waals surface area contributed by atoms with Gasteiger partial charge in [-0.3, -0.25) is 19.8 Å². The van der Waals surface area contributed by atoms with Crippen LogP contribution < -0.4 is 15.4 Å². The summed E-state index contributed by atoms with van der Waals surface area (Å²) in [5.74, 6) is 0.211. The SMILES string of the molecule is COC1(c2ccc(C(=O)N3CCN(CC(=O)Nc4ccccn4)CC3)cc2)NC2CCC(O)CC2c2cc(OC(F)F)ccc21. The van der Waals surface area contributed by atoms with Crippen LogP contribution >= 0.6 is 0 Å². The normalized spacial score (nSPS) is 24.9. The average molecular weight is 622 g/mol. The monoisotopic (exact) mass is 621 g/mol. The molecule has 1 aromatic heterocycles. The fraction of sp³-hybridized carbons (Fsp3) is 0.424. The first-order valence-electron chi connectivity index (χ1n) is 15.2. The number of aliphatic hydroxyl groups excluding tert-OH is 1. The lowest BCUT2D eigenvalue weighted by molar-refractivity contribution is -0.117. The molecule has 12 heteroatoms. The maximum Gasteiger partial charge on any atom is 0.387 e. The van der Waals surface area contributed by atoms with Gasteiger partial charge < -0.3 is 24.8 Å². The third-order valence-electron chi connectivity index (χ3n) is 9.04. The van der Waals surface area contributed by atoms with E-state index in [9.17, 15) is 23.5 Å². The third kappa shape index (κ3) is 6.55. The molecule has 45 heavy (non-hydrogen) atoms. The molecule has 2 aliphatic heterocycles.